The Bertz CT molecular complexity index is 708. The van der Waals surface area contributed by atoms with Crippen LogP contribution < -0.4 is 15.0 Å². The molecule has 1 aromatic carbocycles. The van der Waals surface area contributed by atoms with Crippen molar-refractivity contribution in [2.75, 3.05) is 32.1 Å². The summed E-state index contributed by atoms with van der Waals surface area (Å²) >= 11 is 0. The van der Waals surface area contributed by atoms with Crippen molar-refractivity contribution in [3.8, 4) is 5.75 Å². The van der Waals surface area contributed by atoms with Gasteiger partial charge in [-0.25, -0.2) is 0 Å². The molecule has 3 atom stereocenters. The van der Waals surface area contributed by atoms with E-state index in [1.807, 2.05) is 0 Å². The summed E-state index contributed by atoms with van der Waals surface area (Å²) in [7, 11) is 1.39. The van der Waals surface area contributed by atoms with Crippen LogP contribution in [0.4, 0.5) is 11.4 Å². The fourth-order valence-corrected chi connectivity index (χ4v) is 3.27. The van der Waals surface area contributed by atoms with E-state index in [-0.39, 0.29) is 35.3 Å². The second-order valence-electron chi connectivity index (χ2n) is 6.56. The van der Waals surface area contributed by atoms with Gasteiger partial charge in [-0.2, -0.15) is 0 Å². The minimum absolute atomic E-state index is 0.114. The highest BCUT2D eigenvalue weighted by Crippen LogP contribution is 2.29. The lowest BCUT2D eigenvalue weighted by molar-refractivity contribution is -0.921. The molecule has 0 spiro atoms. The van der Waals surface area contributed by atoms with Crippen LogP contribution >= 0.6 is 0 Å². The van der Waals surface area contributed by atoms with Crippen LogP contribution in [0.5, 0.6) is 5.75 Å². The van der Waals surface area contributed by atoms with Gasteiger partial charge in [0.05, 0.1) is 43.5 Å². The highest BCUT2D eigenvalue weighted by molar-refractivity contribution is 5.95. The molecule has 1 unspecified atom stereocenters. The Morgan fingerprint density at radius 1 is 1.44 bits per heavy atom. The van der Waals surface area contributed by atoms with Crippen molar-refractivity contribution in [3.05, 3.63) is 28.3 Å². The van der Waals surface area contributed by atoms with Gasteiger partial charge in [0.25, 0.3) is 11.6 Å². The number of non-ortho nitro benzene ring substituents is 1. The second kappa shape index (κ2) is 9.31. The van der Waals surface area contributed by atoms with Gasteiger partial charge in [0.15, 0.2) is 6.04 Å². The number of anilines is 1. The molecule has 0 radical (unpaired) electrons. The van der Waals surface area contributed by atoms with E-state index in [2.05, 4.69) is 5.32 Å². The molecule has 0 aromatic heterocycles. The summed E-state index contributed by atoms with van der Waals surface area (Å²) < 4.78 is 10.3. The van der Waals surface area contributed by atoms with Crippen LogP contribution in [-0.4, -0.2) is 49.6 Å². The number of benzene rings is 1. The molecule has 9 heteroatoms. The molecule has 0 aliphatic carbocycles. The molecule has 0 saturated carbocycles. The Labute approximate surface area is 157 Å². The smallest absolute Gasteiger partial charge is 0.314 e. The van der Waals surface area contributed by atoms with E-state index >= 15 is 0 Å². The van der Waals surface area contributed by atoms with Crippen molar-refractivity contribution in [2.24, 2.45) is 5.92 Å². The third kappa shape index (κ3) is 5.16. The fourth-order valence-electron chi connectivity index (χ4n) is 3.27. The molecular formula is C18H26N3O6+. The van der Waals surface area contributed by atoms with Crippen molar-refractivity contribution in [2.45, 2.75) is 32.7 Å². The van der Waals surface area contributed by atoms with Crippen molar-refractivity contribution < 1.29 is 28.9 Å². The standard InChI is InChI=1S/C18H25N3O6/c1-4-27-18(23)13-6-5-9-20(11-13)12(2)17(22)19-15-8-7-14(21(24)25)10-16(15)26-3/h7-8,10,12-13H,4-6,9,11H2,1-3H3,(H,19,22)/p+1/t12-,13-/m0/s1. The van der Waals surface area contributed by atoms with Gasteiger partial charge < -0.3 is 19.7 Å². The zero-order valence-electron chi connectivity index (χ0n) is 15.8. The van der Waals surface area contributed by atoms with Crippen LogP contribution in [0.2, 0.25) is 0 Å². The van der Waals surface area contributed by atoms with Crippen LogP contribution in [0.15, 0.2) is 18.2 Å². The summed E-state index contributed by atoms with van der Waals surface area (Å²) in [5.74, 6) is -0.415. The number of likely N-dealkylation sites (tertiary alicyclic amines) is 1. The maximum atomic E-state index is 12.7. The topological polar surface area (TPSA) is 112 Å². The van der Waals surface area contributed by atoms with Crippen molar-refractivity contribution in [1.82, 2.24) is 0 Å². The van der Waals surface area contributed by atoms with E-state index in [4.69, 9.17) is 9.47 Å². The molecule has 9 nitrogen and oxygen atoms in total. The lowest BCUT2D eigenvalue weighted by atomic mass is 9.97. The number of quaternary nitrogens is 1. The number of amides is 1. The second-order valence-corrected chi connectivity index (χ2v) is 6.56. The summed E-state index contributed by atoms with van der Waals surface area (Å²) in [4.78, 5) is 36.0. The largest absolute Gasteiger partial charge is 0.494 e. The number of piperidine rings is 1. The van der Waals surface area contributed by atoms with E-state index in [0.717, 1.165) is 24.3 Å². The van der Waals surface area contributed by atoms with Gasteiger partial charge in [0, 0.05) is 6.07 Å². The first-order valence-electron chi connectivity index (χ1n) is 9.01. The van der Waals surface area contributed by atoms with Crippen molar-refractivity contribution in [3.63, 3.8) is 0 Å². The number of hydrogen-bond acceptors (Lipinski definition) is 6. The first kappa shape index (κ1) is 20.6. The van der Waals surface area contributed by atoms with Crippen LogP contribution in [0, 0.1) is 16.0 Å². The normalized spacial score (nSPS) is 20.4. The Hall–Kier alpha value is -2.68. The van der Waals surface area contributed by atoms with E-state index in [1.54, 1.807) is 13.8 Å². The Kier molecular flexibility index (Phi) is 7.12. The van der Waals surface area contributed by atoms with E-state index < -0.39 is 4.92 Å². The number of carbonyl (C=O) groups excluding carboxylic acids is 2. The number of nitrogens with zero attached hydrogens (tertiary/aromatic N) is 1. The molecule has 2 rings (SSSR count). The summed E-state index contributed by atoms with van der Waals surface area (Å²) in [5, 5.41) is 13.6. The van der Waals surface area contributed by atoms with E-state index in [1.165, 1.54) is 25.3 Å². The van der Waals surface area contributed by atoms with Gasteiger partial charge in [0.2, 0.25) is 0 Å². The van der Waals surface area contributed by atoms with Crippen molar-refractivity contribution >= 4 is 23.3 Å². The van der Waals surface area contributed by atoms with E-state index in [0.29, 0.717) is 18.8 Å². The highest BCUT2D eigenvalue weighted by atomic mass is 16.6. The van der Waals surface area contributed by atoms with Gasteiger partial charge in [-0.05, 0) is 32.8 Å². The zero-order chi connectivity index (χ0) is 20.0. The van der Waals surface area contributed by atoms with Crippen molar-refractivity contribution in [1.29, 1.82) is 0 Å². The third-order valence-electron chi connectivity index (χ3n) is 4.84. The first-order valence-corrected chi connectivity index (χ1v) is 9.01. The molecule has 27 heavy (non-hydrogen) atoms. The minimum Gasteiger partial charge on any atom is -0.494 e. The number of ether oxygens (including phenoxy) is 2. The molecule has 1 fully saturated rings. The number of nitro groups is 1. The maximum absolute atomic E-state index is 12.7. The number of nitrogens with one attached hydrogen (secondary N) is 2. The molecular weight excluding hydrogens is 354 g/mol. The number of hydrogen-bond donors (Lipinski definition) is 2. The van der Waals surface area contributed by atoms with Gasteiger partial charge in [-0.3, -0.25) is 19.7 Å². The Balaban J connectivity index is 2.05. The molecule has 1 saturated heterocycles. The molecule has 1 aromatic rings. The quantitative estimate of drug-likeness (QED) is 0.411. The summed E-state index contributed by atoms with van der Waals surface area (Å²) in [6.07, 6.45) is 1.62. The predicted molar refractivity (Wildman–Crippen MR) is 97.8 cm³/mol. The fraction of sp³-hybridized carbons (Fsp3) is 0.556. The summed E-state index contributed by atoms with van der Waals surface area (Å²) in [5.41, 5.74) is 0.259. The molecule has 0 bridgehead atoms. The SMILES string of the molecule is CCOC(=O)[C@H]1CCC[NH+]([C@@H](C)C(=O)Nc2ccc([N+](=O)[O-])cc2OC)C1. The molecule has 1 amide bonds. The van der Waals surface area contributed by atoms with Crippen LogP contribution in [-0.2, 0) is 14.3 Å². The van der Waals surface area contributed by atoms with E-state index in [9.17, 15) is 19.7 Å². The van der Waals surface area contributed by atoms with Gasteiger partial charge in [-0.15, -0.1) is 0 Å². The molecule has 1 heterocycles. The zero-order valence-corrected chi connectivity index (χ0v) is 15.8. The summed E-state index contributed by atoms with van der Waals surface area (Å²) in [6.45, 7) is 5.27. The minimum atomic E-state index is -0.524. The molecule has 148 valence electrons. The van der Waals surface area contributed by atoms with Gasteiger partial charge in [0.1, 0.15) is 11.7 Å². The monoisotopic (exact) mass is 380 g/mol. The van der Waals surface area contributed by atoms with Gasteiger partial charge in [-0.1, -0.05) is 0 Å². The number of nitro benzene ring substituents is 1. The molecule has 1 aliphatic heterocycles. The average Bonchev–Trinajstić information content (AvgIpc) is 2.67. The lowest BCUT2D eigenvalue weighted by Gasteiger charge is -2.32. The Morgan fingerprint density at radius 3 is 2.81 bits per heavy atom. The number of esters is 1. The first-order chi connectivity index (χ1) is 12.9. The van der Waals surface area contributed by atoms with Crippen LogP contribution in [0.1, 0.15) is 26.7 Å². The predicted octanol–water partition coefficient (Wildman–Crippen LogP) is 0.788. The third-order valence-corrected chi connectivity index (χ3v) is 4.84. The number of rotatable bonds is 7. The Morgan fingerprint density at radius 2 is 2.19 bits per heavy atom. The van der Waals surface area contributed by atoms with Crippen LogP contribution in [0.25, 0.3) is 0 Å². The summed E-state index contributed by atoms with van der Waals surface area (Å²) in [6, 6.07) is 3.65. The van der Waals surface area contributed by atoms with Gasteiger partial charge >= 0.3 is 5.97 Å². The molecule has 1 aliphatic rings. The number of carbonyl (C=O) groups is 2. The number of methoxy groups -OCH3 is 1. The van der Waals surface area contributed by atoms with Crippen LogP contribution in [0.3, 0.4) is 0 Å². The average molecular weight is 380 g/mol. The lowest BCUT2D eigenvalue weighted by Crippen LogP contribution is -3.18. The maximum Gasteiger partial charge on any atom is 0.314 e. The molecule has 2 N–H and O–H groups in total. The highest BCUT2D eigenvalue weighted by Gasteiger charge is 2.35.